The van der Waals surface area contributed by atoms with Gasteiger partial charge in [-0.05, 0) is 31.2 Å². The molecule has 1 aromatic carbocycles. The third-order valence-corrected chi connectivity index (χ3v) is 3.64. The molecule has 0 bridgehead atoms. The Labute approximate surface area is 130 Å². The Morgan fingerprint density at radius 2 is 2.09 bits per heavy atom. The molecule has 6 heteroatoms. The molecule has 0 radical (unpaired) electrons. The lowest BCUT2D eigenvalue weighted by molar-refractivity contribution is 0.0525. The summed E-state index contributed by atoms with van der Waals surface area (Å²) in [7, 11) is 0. The molecule has 2 heterocycles. The van der Waals surface area contributed by atoms with Gasteiger partial charge in [0.05, 0.1) is 33.9 Å². The second kappa shape index (κ2) is 5.69. The number of esters is 1. The predicted molar refractivity (Wildman–Crippen MR) is 85.3 cm³/mol. The van der Waals surface area contributed by atoms with Gasteiger partial charge in [0, 0.05) is 6.20 Å². The first-order valence-corrected chi connectivity index (χ1v) is 7.16. The van der Waals surface area contributed by atoms with Crippen molar-refractivity contribution in [2.24, 2.45) is 0 Å². The number of aromatic nitrogens is 2. The van der Waals surface area contributed by atoms with Crippen molar-refractivity contribution in [2.45, 2.75) is 6.92 Å². The number of H-pyrrole nitrogens is 2. The Bertz CT molecular complexity index is 898. The number of nitrogens with one attached hydrogen (secondary N) is 2. The molecular formula is C16H13ClN2O3. The maximum atomic E-state index is 12.8. The first kappa shape index (κ1) is 14.4. The lowest BCUT2D eigenvalue weighted by atomic mass is 10.1. The number of aromatic amines is 2. The average Bonchev–Trinajstić information content (AvgIpc) is 3.01. The Kier molecular flexibility index (Phi) is 3.73. The summed E-state index contributed by atoms with van der Waals surface area (Å²) in [5, 5.41) is 0.574. The minimum atomic E-state index is -0.671. The molecule has 2 aromatic heterocycles. The number of carbonyl (C=O) groups excluding carboxylic acids is 1. The zero-order chi connectivity index (χ0) is 15.7. The summed E-state index contributed by atoms with van der Waals surface area (Å²) >= 11 is 6.11. The predicted octanol–water partition coefficient (Wildman–Crippen LogP) is 3.35. The topological polar surface area (TPSA) is 75.0 Å². The Morgan fingerprint density at radius 3 is 2.77 bits per heavy atom. The van der Waals surface area contributed by atoms with Crippen LogP contribution in [0.4, 0.5) is 0 Å². The summed E-state index contributed by atoms with van der Waals surface area (Å²) in [5.41, 5.74) is 1.09. The number of halogens is 1. The molecular weight excluding hydrogens is 304 g/mol. The van der Waals surface area contributed by atoms with Crippen molar-refractivity contribution in [3.63, 3.8) is 0 Å². The van der Waals surface area contributed by atoms with E-state index in [0.717, 1.165) is 0 Å². The Balaban J connectivity index is 2.40. The molecule has 112 valence electrons. The van der Waals surface area contributed by atoms with Crippen LogP contribution in [0.1, 0.15) is 17.3 Å². The second-order valence-electron chi connectivity index (χ2n) is 4.67. The number of hydrogen-bond acceptors (Lipinski definition) is 3. The second-order valence-corrected chi connectivity index (χ2v) is 5.08. The van der Waals surface area contributed by atoms with Crippen molar-refractivity contribution < 1.29 is 9.53 Å². The highest BCUT2D eigenvalue weighted by Gasteiger charge is 2.22. The van der Waals surface area contributed by atoms with Gasteiger partial charge < -0.3 is 14.7 Å². The molecule has 0 unspecified atom stereocenters. The molecule has 0 aliphatic rings. The van der Waals surface area contributed by atoms with Crippen LogP contribution < -0.4 is 5.43 Å². The maximum Gasteiger partial charge on any atom is 0.344 e. The number of hydrogen-bond donors (Lipinski definition) is 2. The molecule has 0 saturated heterocycles. The number of ether oxygens (including phenoxy) is 1. The van der Waals surface area contributed by atoms with E-state index in [1.807, 2.05) is 0 Å². The summed E-state index contributed by atoms with van der Waals surface area (Å²) in [5.74, 6) is -0.671. The molecule has 0 saturated carbocycles. The van der Waals surface area contributed by atoms with Crippen LogP contribution in [0.5, 0.6) is 0 Å². The van der Waals surface area contributed by atoms with Crippen molar-refractivity contribution in [3.05, 3.63) is 57.3 Å². The van der Waals surface area contributed by atoms with E-state index in [-0.39, 0.29) is 17.6 Å². The zero-order valence-corrected chi connectivity index (χ0v) is 12.5. The first-order valence-electron chi connectivity index (χ1n) is 6.79. The standard InChI is InChI=1S/C16H13ClN2O3/c1-2-22-16(21)13-14(11-7-4-8-18-11)19-10-6-3-5-9(17)12(10)15(13)20/h3-8,18H,2H2,1H3,(H,19,20). The average molecular weight is 317 g/mol. The van der Waals surface area contributed by atoms with E-state index in [9.17, 15) is 9.59 Å². The van der Waals surface area contributed by atoms with Gasteiger partial charge >= 0.3 is 5.97 Å². The van der Waals surface area contributed by atoms with Crippen LogP contribution in [-0.2, 0) is 4.74 Å². The van der Waals surface area contributed by atoms with E-state index in [1.165, 1.54) is 0 Å². The van der Waals surface area contributed by atoms with E-state index < -0.39 is 11.4 Å². The monoisotopic (exact) mass is 316 g/mol. The Morgan fingerprint density at radius 1 is 1.27 bits per heavy atom. The van der Waals surface area contributed by atoms with Crippen molar-refractivity contribution in [2.75, 3.05) is 6.61 Å². The quantitative estimate of drug-likeness (QED) is 0.728. The molecule has 0 aliphatic heterocycles. The molecule has 2 N–H and O–H groups in total. The van der Waals surface area contributed by atoms with Gasteiger partial charge in [-0.3, -0.25) is 4.79 Å². The van der Waals surface area contributed by atoms with Crippen LogP contribution in [0.2, 0.25) is 5.02 Å². The van der Waals surface area contributed by atoms with Gasteiger partial charge in [-0.2, -0.15) is 0 Å². The van der Waals surface area contributed by atoms with E-state index in [0.29, 0.717) is 21.9 Å². The Hall–Kier alpha value is -2.53. The molecule has 0 spiro atoms. The summed E-state index contributed by atoms with van der Waals surface area (Å²) in [6, 6.07) is 8.64. The smallest absolute Gasteiger partial charge is 0.344 e. The molecule has 3 aromatic rings. The van der Waals surface area contributed by atoms with Gasteiger partial charge in [-0.15, -0.1) is 0 Å². The van der Waals surface area contributed by atoms with Crippen LogP contribution in [0.3, 0.4) is 0 Å². The number of benzene rings is 1. The maximum absolute atomic E-state index is 12.8. The van der Waals surface area contributed by atoms with Gasteiger partial charge in [-0.25, -0.2) is 4.79 Å². The largest absolute Gasteiger partial charge is 0.462 e. The minimum absolute atomic E-state index is 0.0510. The van der Waals surface area contributed by atoms with Gasteiger partial charge in [-0.1, -0.05) is 17.7 Å². The van der Waals surface area contributed by atoms with Crippen molar-refractivity contribution in [3.8, 4) is 11.4 Å². The molecule has 3 rings (SSSR count). The van der Waals surface area contributed by atoms with Crippen LogP contribution >= 0.6 is 11.6 Å². The van der Waals surface area contributed by atoms with Gasteiger partial charge in [0.25, 0.3) is 0 Å². The van der Waals surface area contributed by atoms with Crippen molar-refractivity contribution >= 4 is 28.5 Å². The number of pyridine rings is 1. The molecule has 0 fully saturated rings. The molecule has 0 atom stereocenters. The third kappa shape index (κ3) is 2.29. The van der Waals surface area contributed by atoms with E-state index in [2.05, 4.69) is 9.97 Å². The summed E-state index contributed by atoms with van der Waals surface area (Å²) in [6.07, 6.45) is 1.71. The van der Waals surface area contributed by atoms with Crippen molar-refractivity contribution in [1.82, 2.24) is 9.97 Å². The number of fused-ring (bicyclic) bond motifs is 1. The van der Waals surface area contributed by atoms with E-state index in [4.69, 9.17) is 16.3 Å². The van der Waals surface area contributed by atoms with Crippen LogP contribution in [-0.4, -0.2) is 22.5 Å². The summed E-state index contributed by atoms with van der Waals surface area (Å²) in [4.78, 5) is 31.1. The zero-order valence-electron chi connectivity index (χ0n) is 11.8. The highest BCUT2D eigenvalue weighted by molar-refractivity contribution is 6.35. The third-order valence-electron chi connectivity index (χ3n) is 3.32. The number of carbonyl (C=O) groups is 1. The SMILES string of the molecule is CCOC(=O)c1c(-c2ccc[nH]2)[nH]c2cccc(Cl)c2c1=O. The highest BCUT2D eigenvalue weighted by Crippen LogP contribution is 2.25. The van der Waals surface area contributed by atoms with Crippen molar-refractivity contribution in [1.29, 1.82) is 0 Å². The lowest BCUT2D eigenvalue weighted by Gasteiger charge is -2.10. The fourth-order valence-corrected chi connectivity index (χ4v) is 2.64. The summed E-state index contributed by atoms with van der Waals surface area (Å²) < 4.78 is 5.02. The molecule has 5 nitrogen and oxygen atoms in total. The molecule has 22 heavy (non-hydrogen) atoms. The minimum Gasteiger partial charge on any atom is -0.462 e. The lowest BCUT2D eigenvalue weighted by Crippen LogP contribution is -2.20. The number of rotatable bonds is 3. The summed E-state index contributed by atoms with van der Waals surface area (Å²) in [6.45, 7) is 1.87. The molecule has 0 amide bonds. The van der Waals surface area contributed by atoms with Crippen LogP contribution in [0, 0.1) is 0 Å². The van der Waals surface area contributed by atoms with Crippen LogP contribution in [0.25, 0.3) is 22.3 Å². The van der Waals surface area contributed by atoms with Crippen LogP contribution in [0.15, 0.2) is 41.3 Å². The van der Waals surface area contributed by atoms with Gasteiger partial charge in [0.15, 0.2) is 0 Å². The first-order chi connectivity index (χ1) is 10.6. The fraction of sp³-hybridized carbons (Fsp3) is 0.125. The normalized spacial score (nSPS) is 10.8. The fourth-order valence-electron chi connectivity index (χ4n) is 2.38. The van der Waals surface area contributed by atoms with Gasteiger partial charge in [0.1, 0.15) is 5.56 Å². The molecule has 0 aliphatic carbocycles. The van der Waals surface area contributed by atoms with Gasteiger partial charge in [0.2, 0.25) is 5.43 Å². The van der Waals surface area contributed by atoms with E-state index in [1.54, 1.807) is 43.5 Å². The van der Waals surface area contributed by atoms with E-state index >= 15 is 0 Å². The highest BCUT2D eigenvalue weighted by atomic mass is 35.5.